The first-order valence-corrected chi connectivity index (χ1v) is 13.5. The second-order valence-corrected chi connectivity index (χ2v) is 10.9. The molecule has 2 aliphatic rings. The van der Waals surface area contributed by atoms with Gasteiger partial charge in [0, 0.05) is 24.7 Å². The molecular weight excluding hydrogens is 436 g/mol. The van der Waals surface area contributed by atoms with Gasteiger partial charge >= 0.3 is 0 Å². The first kappa shape index (κ1) is 23.8. The number of sulfonamides is 1. The summed E-state index contributed by atoms with van der Waals surface area (Å²) in [7, 11) is -3.58. The summed E-state index contributed by atoms with van der Waals surface area (Å²) in [5.41, 5.74) is 2.61. The van der Waals surface area contributed by atoms with Crippen LogP contribution in [-0.4, -0.2) is 45.0 Å². The van der Waals surface area contributed by atoms with Crippen LogP contribution < -0.4 is 9.46 Å². The highest BCUT2D eigenvalue weighted by atomic mass is 32.2. The van der Waals surface area contributed by atoms with Gasteiger partial charge in [0.15, 0.2) is 0 Å². The van der Waals surface area contributed by atoms with Crippen LogP contribution in [0.2, 0.25) is 0 Å². The molecule has 6 nitrogen and oxygen atoms in total. The fourth-order valence-electron chi connectivity index (χ4n) is 4.37. The number of hydrogen-bond acceptors (Lipinski definition) is 4. The average Bonchev–Trinajstić information content (AvgIpc) is 3.62. The summed E-state index contributed by atoms with van der Waals surface area (Å²) in [5.74, 6) is 1.43. The summed E-state index contributed by atoms with van der Waals surface area (Å²) >= 11 is 0. The van der Waals surface area contributed by atoms with E-state index in [1.165, 1.54) is 5.56 Å². The van der Waals surface area contributed by atoms with Crippen LogP contribution in [0.1, 0.15) is 60.5 Å². The van der Waals surface area contributed by atoms with Crippen LogP contribution in [0.3, 0.4) is 0 Å². The number of benzene rings is 2. The van der Waals surface area contributed by atoms with Gasteiger partial charge in [0.05, 0.1) is 11.5 Å². The molecule has 1 saturated carbocycles. The lowest BCUT2D eigenvalue weighted by atomic mass is 9.90. The van der Waals surface area contributed by atoms with E-state index in [9.17, 15) is 13.2 Å². The second kappa shape index (κ2) is 10.3. The van der Waals surface area contributed by atoms with Gasteiger partial charge in [-0.3, -0.25) is 4.79 Å². The topological polar surface area (TPSA) is 75.7 Å². The molecule has 33 heavy (non-hydrogen) atoms. The highest BCUT2D eigenvalue weighted by Gasteiger charge is 2.29. The van der Waals surface area contributed by atoms with Crippen molar-refractivity contribution in [2.45, 2.75) is 63.3 Å². The van der Waals surface area contributed by atoms with Crippen LogP contribution in [0.5, 0.6) is 5.75 Å². The number of aryl methyl sites for hydroxylation is 2. The molecule has 1 aliphatic heterocycles. The maximum Gasteiger partial charge on any atom is 0.254 e. The average molecular weight is 471 g/mol. The minimum absolute atomic E-state index is 0.0390. The van der Waals surface area contributed by atoms with Crippen molar-refractivity contribution in [3.05, 3.63) is 59.2 Å². The molecular formula is C26H34N2O4S. The molecule has 0 aromatic heterocycles. The summed E-state index contributed by atoms with van der Waals surface area (Å²) in [5, 5.41) is 0. The fourth-order valence-corrected chi connectivity index (χ4v) is 5.70. The number of likely N-dealkylation sites (tertiary alicyclic amines) is 1. The zero-order valence-electron chi connectivity index (χ0n) is 19.5. The zero-order chi connectivity index (χ0) is 23.4. The van der Waals surface area contributed by atoms with Crippen molar-refractivity contribution in [2.75, 3.05) is 19.7 Å². The van der Waals surface area contributed by atoms with Crippen LogP contribution in [0, 0.1) is 12.8 Å². The second-order valence-electron chi connectivity index (χ2n) is 9.22. The smallest absolute Gasteiger partial charge is 0.254 e. The van der Waals surface area contributed by atoms with Gasteiger partial charge < -0.3 is 9.64 Å². The van der Waals surface area contributed by atoms with Crippen LogP contribution in [0.15, 0.2) is 47.4 Å². The summed E-state index contributed by atoms with van der Waals surface area (Å²) in [6.45, 7) is 5.94. The molecule has 1 saturated heterocycles. The maximum absolute atomic E-state index is 13.2. The molecule has 0 unspecified atom stereocenters. The number of nitrogens with one attached hydrogen (secondary N) is 1. The van der Waals surface area contributed by atoms with E-state index in [1.807, 2.05) is 30.9 Å². The fraction of sp³-hybridized carbons (Fsp3) is 0.500. The van der Waals surface area contributed by atoms with E-state index < -0.39 is 10.0 Å². The van der Waals surface area contributed by atoms with Crippen molar-refractivity contribution < 1.29 is 17.9 Å². The molecule has 1 heterocycles. The van der Waals surface area contributed by atoms with Gasteiger partial charge in [-0.15, -0.1) is 0 Å². The normalized spacial score (nSPS) is 17.2. The van der Waals surface area contributed by atoms with Crippen LogP contribution in [0.25, 0.3) is 0 Å². The Morgan fingerprint density at radius 1 is 1.06 bits per heavy atom. The van der Waals surface area contributed by atoms with Gasteiger partial charge in [-0.2, -0.15) is 0 Å². The molecule has 178 valence electrons. The number of carbonyl (C=O) groups excluding carboxylic acids is 1. The van der Waals surface area contributed by atoms with Crippen molar-refractivity contribution in [1.29, 1.82) is 0 Å². The summed E-state index contributed by atoms with van der Waals surface area (Å²) < 4.78 is 33.4. The van der Waals surface area contributed by atoms with Crippen molar-refractivity contribution in [3.8, 4) is 5.75 Å². The van der Waals surface area contributed by atoms with Crippen molar-refractivity contribution >= 4 is 15.9 Å². The Hall–Kier alpha value is -2.38. The Kier molecular flexibility index (Phi) is 7.39. The van der Waals surface area contributed by atoms with E-state index in [-0.39, 0.29) is 16.8 Å². The Morgan fingerprint density at radius 3 is 2.39 bits per heavy atom. The SMILES string of the molecule is CCOc1ccc(CCC2CCN(C(=O)c3cc(S(=O)(=O)NC4CC4)ccc3C)CC2)cc1. The predicted octanol–water partition coefficient (Wildman–Crippen LogP) is 4.32. The van der Waals surface area contributed by atoms with E-state index in [0.29, 0.717) is 31.2 Å². The molecule has 0 bridgehead atoms. The molecule has 7 heteroatoms. The monoisotopic (exact) mass is 470 g/mol. The van der Waals surface area contributed by atoms with Crippen LogP contribution >= 0.6 is 0 Å². The quantitative estimate of drug-likeness (QED) is 0.592. The van der Waals surface area contributed by atoms with Crippen molar-refractivity contribution in [1.82, 2.24) is 9.62 Å². The molecule has 2 aromatic rings. The number of piperidine rings is 1. The molecule has 2 aromatic carbocycles. The molecule has 1 N–H and O–H groups in total. The largest absolute Gasteiger partial charge is 0.494 e. The zero-order valence-corrected chi connectivity index (χ0v) is 20.4. The van der Waals surface area contributed by atoms with Crippen molar-refractivity contribution in [2.24, 2.45) is 5.92 Å². The van der Waals surface area contributed by atoms with E-state index in [1.54, 1.807) is 18.2 Å². The molecule has 1 aliphatic carbocycles. The summed E-state index contributed by atoms with van der Waals surface area (Å²) in [4.78, 5) is 15.3. The van der Waals surface area contributed by atoms with Crippen LogP contribution in [0.4, 0.5) is 0 Å². The highest BCUT2D eigenvalue weighted by molar-refractivity contribution is 7.89. The van der Waals surface area contributed by atoms with E-state index >= 15 is 0 Å². The van der Waals surface area contributed by atoms with Gasteiger partial charge in [-0.05, 0) is 93.7 Å². The highest BCUT2D eigenvalue weighted by Crippen LogP contribution is 2.27. The molecule has 1 amide bonds. The molecule has 0 atom stereocenters. The van der Waals surface area contributed by atoms with E-state index in [4.69, 9.17) is 4.74 Å². The lowest BCUT2D eigenvalue weighted by Gasteiger charge is -2.32. The lowest BCUT2D eigenvalue weighted by molar-refractivity contribution is 0.0686. The standard InChI is InChI=1S/C26H34N2O4S/c1-3-32-23-11-7-20(8-12-23)5-6-21-14-16-28(17-15-21)26(29)25-18-24(13-4-19(25)2)33(30,31)27-22-9-10-22/h4,7-8,11-13,18,21-22,27H,3,5-6,9-10,14-17H2,1-2H3. The molecule has 4 rings (SSSR count). The maximum atomic E-state index is 13.2. The molecule has 0 spiro atoms. The molecule has 2 fully saturated rings. The first-order chi connectivity index (χ1) is 15.9. The third-order valence-electron chi connectivity index (χ3n) is 6.63. The summed E-state index contributed by atoms with van der Waals surface area (Å²) in [6, 6.07) is 13.2. The van der Waals surface area contributed by atoms with Gasteiger partial charge in [0.25, 0.3) is 5.91 Å². The molecule has 0 radical (unpaired) electrons. The van der Waals surface area contributed by atoms with E-state index in [0.717, 1.165) is 49.8 Å². The number of ether oxygens (including phenoxy) is 1. The number of hydrogen-bond donors (Lipinski definition) is 1. The Balaban J connectivity index is 1.32. The number of carbonyl (C=O) groups is 1. The minimum Gasteiger partial charge on any atom is -0.494 e. The predicted molar refractivity (Wildman–Crippen MR) is 129 cm³/mol. The number of amides is 1. The lowest BCUT2D eigenvalue weighted by Crippen LogP contribution is -2.39. The van der Waals surface area contributed by atoms with Gasteiger partial charge in [-0.25, -0.2) is 13.1 Å². The third-order valence-corrected chi connectivity index (χ3v) is 8.14. The Morgan fingerprint density at radius 2 is 1.76 bits per heavy atom. The Bertz CT molecular complexity index is 1070. The number of rotatable bonds is 9. The third kappa shape index (κ3) is 6.15. The van der Waals surface area contributed by atoms with Crippen LogP contribution in [-0.2, 0) is 16.4 Å². The van der Waals surface area contributed by atoms with Gasteiger partial charge in [0.2, 0.25) is 10.0 Å². The Labute approximate surface area is 197 Å². The van der Waals surface area contributed by atoms with E-state index in [2.05, 4.69) is 16.9 Å². The number of nitrogens with zero attached hydrogens (tertiary/aromatic N) is 1. The minimum atomic E-state index is -3.58. The first-order valence-electron chi connectivity index (χ1n) is 12.0. The van der Waals surface area contributed by atoms with Crippen molar-refractivity contribution in [3.63, 3.8) is 0 Å². The van der Waals surface area contributed by atoms with Gasteiger partial charge in [0.1, 0.15) is 5.75 Å². The summed E-state index contributed by atoms with van der Waals surface area (Å²) in [6.07, 6.45) is 5.84. The van der Waals surface area contributed by atoms with Gasteiger partial charge in [-0.1, -0.05) is 18.2 Å².